The van der Waals surface area contributed by atoms with E-state index in [-0.39, 0.29) is 17.3 Å². The second-order valence-corrected chi connectivity index (χ2v) is 6.60. The van der Waals surface area contributed by atoms with E-state index >= 15 is 0 Å². The number of rotatable bonds is 9. The number of carbonyl (C=O) groups excluding carboxylic acids is 2. The van der Waals surface area contributed by atoms with Crippen molar-refractivity contribution in [2.24, 2.45) is 5.92 Å². The molecule has 0 spiro atoms. The van der Waals surface area contributed by atoms with Gasteiger partial charge in [0.2, 0.25) is 0 Å². The zero-order valence-electron chi connectivity index (χ0n) is 15.2. The monoisotopic (exact) mass is 350 g/mol. The van der Waals surface area contributed by atoms with Crippen molar-refractivity contribution in [2.45, 2.75) is 53.0 Å². The Bertz CT molecular complexity index is 628. The molecule has 7 heteroatoms. The summed E-state index contributed by atoms with van der Waals surface area (Å²) in [7, 11) is 0. The molecule has 25 heavy (non-hydrogen) atoms. The van der Waals surface area contributed by atoms with Gasteiger partial charge in [-0.05, 0) is 31.7 Å². The summed E-state index contributed by atoms with van der Waals surface area (Å²) in [5.41, 5.74) is -0.0144. The van der Waals surface area contributed by atoms with Gasteiger partial charge in [-0.2, -0.15) is 0 Å². The molecule has 138 valence electrons. The smallest absolute Gasteiger partial charge is 0.345 e. The van der Waals surface area contributed by atoms with Crippen LogP contribution in [0.25, 0.3) is 0 Å². The first-order chi connectivity index (χ1) is 11.7. The Hall–Kier alpha value is -2.44. The van der Waals surface area contributed by atoms with E-state index in [1.54, 1.807) is 13.0 Å². The lowest BCUT2D eigenvalue weighted by molar-refractivity contribution is -0.385. The van der Waals surface area contributed by atoms with Crippen LogP contribution in [0.5, 0.6) is 0 Å². The number of nitrogens with zero attached hydrogens (tertiary/aromatic N) is 1. The third-order valence-corrected chi connectivity index (χ3v) is 3.81. The summed E-state index contributed by atoms with van der Waals surface area (Å²) in [5, 5.41) is 13.8. The summed E-state index contributed by atoms with van der Waals surface area (Å²) in [4.78, 5) is 34.4. The molecule has 0 fully saturated rings. The van der Waals surface area contributed by atoms with Crippen molar-refractivity contribution < 1.29 is 19.2 Å². The van der Waals surface area contributed by atoms with Crippen LogP contribution in [-0.2, 0) is 9.53 Å². The van der Waals surface area contributed by atoms with Crippen molar-refractivity contribution in [2.75, 3.05) is 6.61 Å². The Balaban J connectivity index is 2.54. The molecule has 1 unspecified atom stereocenters. The first-order valence-electron chi connectivity index (χ1n) is 8.42. The zero-order valence-corrected chi connectivity index (χ0v) is 15.2. The summed E-state index contributed by atoms with van der Waals surface area (Å²) >= 11 is 0. The van der Waals surface area contributed by atoms with Gasteiger partial charge >= 0.3 is 5.97 Å². The highest BCUT2D eigenvalue weighted by Gasteiger charge is 2.24. The van der Waals surface area contributed by atoms with E-state index in [9.17, 15) is 19.7 Å². The lowest BCUT2D eigenvalue weighted by Gasteiger charge is -2.14. The van der Waals surface area contributed by atoms with Gasteiger partial charge in [-0.25, -0.2) is 4.79 Å². The number of hydrogen-bond donors (Lipinski definition) is 1. The second-order valence-electron chi connectivity index (χ2n) is 6.60. The molecule has 1 aromatic rings. The molecule has 1 aromatic carbocycles. The Labute approximate surface area is 147 Å². The van der Waals surface area contributed by atoms with Gasteiger partial charge in [-0.15, -0.1) is 0 Å². The van der Waals surface area contributed by atoms with Crippen molar-refractivity contribution in [3.05, 3.63) is 39.4 Å². The number of nitro benzene ring substituents is 1. The highest BCUT2D eigenvalue weighted by Crippen LogP contribution is 2.22. The van der Waals surface area contributed by atoms with Crippen LogP contribution in [0.15, 0.2) is 18.2 Å². The topological polar surface area (TPSA) is 98.5 Å². The van der Waals surface area contributed by atoms with Crippen molar-refractivity contribution in [3.8, 4) is 0 Å². The van der Waals surface area contributed by atoms with Crippen LogP contribution in [0.1, 0.15) is 56.0 Å². The first-order valence-corrected chi connectivity index (χ1v) is 8.42. The summed E-state index contributed by atoms with van der Waals surface area (Å²) < 4.78 is 4.95. The Morgan fingerprint density at radius 1 is 1.24 bits per heavy atom. The summed E-state index contributed by atoms with van der Waals surface area (Å²) in [6.45, 7) is 7.31. The van der Waals surface area contributed by atoms with Gasteiger partial charge in [-0.3, -0.25) is 14.9 Å². The van der Waals surface area contributed by atoms with Crippen LogP contribution in [0.2, 0.25) is 0 Å². The zero-order chi connectivity index (χ0) is 19.0. The van der Waals surface area contributed by atoms with Gasteiger partial charge < -0.3 is 10.1 Å². The average Bonchev–Trinajstić information content (AvgIpc) is 2.51. The third-order valence-electron chi connectivity index (χ3n) is 3.81. The minimum Gasteiger partial charge on any atom is -0.452 e. The molecule has 0 aromatic heterocycles. The fourth-order valence-electron chi connectivity index (χ4n) is 2.49. The van der Waals surface area contributed by atoms with E-state index < -0.39 is 23.4 Å². The molecule has 1 N–H and O–H groups in total. The van der Waals surface area contributed by atoms with Crippen LogP contribution < -0.4 is 5.32 Å². The van der Waals surface area contributed by atoms with Gasteiger partial charge in [0.05, 0.1) is 4.92 Å². The van der Waals surface area contributed by atoms with Crippen LogP contribution >= 0.6 is 0 Å². The molecule has 0 heterocycles. The molecule has 0 saturated carbocycles. The van der Waals surface area contributed by atoms with E-state index in [1.807, 2.05) is 6.92 Å². The van der Waals surface area contributed by atoms with E-state index in [2.05, 4.69) is 19.2 Å². The Morgan fingerprint density at radius 3 is 2.52 bits per heavy atom. The summed E-state index contributed by atoms with van der Waals surface area (Å²) in [6, 6.07) is 4.30. The summed E-state index contributed by atoms with van der Waals surface area (Å²) in [5.74, 6) is -0.664. The van der Waals surface area contributed by atoms with E-state index in [1.165, 1.54) is 12.1 Å². The fraction of sp³-hybridized carbons (Fsp3) is 0.556. The molecule has 7 nitrogen and oxygen atoms in total. The highest BCUT2D eigenvalue weighted by molar-refractivity contribution is 5.96. The Morgan fingerprint density at radius 2 is 1.92 bits per heavy atom. The van der Waals surface area contributed by atoms with E-state index in [0.29, 0.717) is 11.5 Å². The number of ether oxygens (including phenoxy) is 1. The minimum absolute atomic E-state index is 0.0160. The minimum atomic E-state index is -0.868. The number of aryl methyl sites for hydroxylation is 1. The molecule has 0 aliphatic heterocycles. The number of esters is 1. The molecule has 1 amide bonds. The Kier molecular flexibility index (Phi) is 8.04. The van der Waals surface area contributed by atoms with Gasteiger partial charge in [-0.1, -0.05) is 38.8 Å². The number of benzene rings is 1. The van der Waals surface area contributed by atoms with Crippen molar-refractivity contribution in [1.29, 1.82) is 0 Å². The second kappa shape index (κ2) is 9.76. The van der Waals surface area contributed by atoms with Gasteiger partial charge in [0.25, 0.3) is 11.6 Å². The van der Waals surface area contributed by atoms with Crippen LogP contribution in [0.4, 0.5) is 5.69 Å². The van der Waals surface area contributed by atoms with Gasteiger partial charge in [0, 0.05) is 12.1 Å². The van der Waals surface area contributed by atoms with Crippen LogP contribution in [0.3, 0.4) is 0 Å². The maximum Gasteiger partial charge on any atom is 0.345 e. The molecule has 0 aliphatic rings. The quantitative estimate of drug-likeness (QED) is 0.418. The fourth-order valence-corrected chi connectivity index (χ4v) is 2.49. The van der Waals surface area contributed by atoms with E-state index in [4.69, 9.17) is 4.74 Å². The molecule has 1 rings (SSSR count). The molecule has 0 aliphatic carbocycles. The number of carbonyl (C=O) groups is 2. The number of amides is 1. The normalized spacial score (nSPS) is 11.9. The maximum absolute atomic E-state index is 12.1. The molecule has 0 radical (unpaired) electrons. The average molecular weight is 350 g/mol. The molecule has 0 saturated heterocycles. The van der Waals surface area contributed by atoms with Crippen molar-refractivity contribution in [3.63, 3.8) is 0 Å². The predicted molar refractivity (Wildman–Crippen MR) is 94.4 cm³/mol. The number of nitro groups is 1. The maximum atomic E-state index is 12.1. The lowest BCUT2D eigenvalue weighted by atomic mass is 10.0. The van der Waals surface area contributed by atoms with Crippen LogP contribution in [-0.4, -0.2) is 29.4 Å². The number of nitrogens with one attached hydrogen (secondary N) is 1. The highest BCUT2D eigenvalue weighted by atomic mass is 16.6. The van der Waals surface area contributed by atoms with E-state index in [0.717, 1.165) is 19.3 Å². The standard InChI is InChI=1S/C18H26N2O5/c1-12(2)7-5-9-14(4)19-16(21)11-25-18(22)17-13(3)8-6-10-15(17)20(23)24/h6,8,10,12,14H,5,7,9,11H2,1-4H3,(H,19,21). The third kappa shape index (κ3) is 6.91. The largest absolute Gasteiger partial charge is 0.452 e. The molecule has 0 bridgehead atoms. The molecular weight excluding hydrogens is 324 g/mol. The SMILES string of the molecule is Cc1cccc([N+](=O)[O-])c1C(=O)OCC(=O)NC(C)CCCC(C)C. The van der Waals surface area contributed by atoms with Gasteiger partial charge in [0.15, 0.2) is 6.61 Å². The number of hydrogen-bond acceptors (Lipinski definition) is 5. The molecular formula is C18H26N2O5. The van der Waals surface area contributed by atoms with Crippen LogP contribution in [0, 0.1) is 23.0 Å². The molecule has 1 atom stereocenters. The first kappa shape index (κ1) is 20.6. The van der Waals surface area contributed by atoms with Crippen molar-refractivity contribution >= 4 is 17.6 Å². The van der Waals surface area contributed by atoms with Gasteiger partial charge in [0.1, 0.15) is 5.56 Å². The predicted octanol–water partition coefficient (Wildman–Crippen LogP) is 3.39. The summed E-state index contributed by atoms with van der Waals surface area (Å²) in [6.07, 6.45) is 2.95. The van der Waals surface area contributed by atoms with Crippen molar-refractivity contribution in [1.82, 2.24) is 5.32 Å². The lowest BCUT2D eigenvalue weighted by Crippen LogP contribution is -2.36.